The van der Waals surface area contributed by atoms with Gasteiger partial charge < -0.3 is 14.8 Å². The normalized spacial score (nSPS) is 17.5. The zero-order valence-corrected chi connectivity index (χ0v) is 21.3. The fourth-order valence-corrected chi connectivity index (χ4v) is 4.86. The third-order valence-corrected chi connectivity index (χ3v) is 7.14. The smallest absolute Gasteiger partial charge is 0.411 e. The quantitative estimate of drug-likeness (QED) is 0.356. The van der Waals surface area contributed by atoms with E-state index in [2.05, 4.69) is 20.4 Å². The molecule has 1 aromatic carbocycles. The molecule has 4 rings (SSSR count). The van der Waals surface area contributed by atoms with Crippen LogP contribution in [-0.4, -0.2) is 42.6 Å². The van der Waals surface area contributed by atoms with Crippen LogP contribution in [0.15, 0.2) is 47.8 Å². The number of halogens is 3. The largest absolute Gasteiger partial charge is 0.469 e. The van der Waals surface area contributed by atoms with Crippen LogP contribution in [0, 0.1) is 18.8 Å². The first-order valence-electron chi connectivity index (χ1n) is 11.1. The minimum atomic E-state index is -3.46. The number of alkyl halides is 2. The van der Waals surface area contributed by atoms with E-state index in [9.17, 15) is 23.2 Å². The summed E-state index contributed by atoms with van der Waals surface area (Å²) in [5.74, 6) is -9.17. The Hall–Kier alpha value is -3.57. The van der Waals surface area contributed by atoms with E-state index >= 15 is 0 Å². The summed E-state index contributed by atoms with van der Waals surface area (Å²) in [6.07, 6.45) is -0.178. The van der Waals surface area contributed by atoms with Crippen molar-refractivity contribution in [2.24, 2.45) is 11.8 Å². The van der Waals surface area contributed by atoms with Crippen molar-refractivity contribution in [1.82, 2.24) is 4.98 Å². The van der Waals surface area contributed by atoms with Crippen molar-refractivity contribution in [2.45, 2.75) is 19.3 Å². The molecule has 2 amide bonds. The molecule has 0 unspecified atom stereocenters. The van der Waals surface area contributed by atoms with Gasteiger partial charge in [0.15, 0.2) is 0 Å². The number of nitrogens with one attached hydrogen (secondary N) is 2. The monoisotopic (exact) mass is 549 g/mol. The van der Waals surface area contributed by atoms with Gasteiger partial charge in [0.05, 0.1) is 41.4 Å². The molecule has 12 heteroatoms. The van der Waals surface area contributed by atoms with Gasteiger partial charge in [0.2, 0.25) is 5.91 Å². The zero-order chi connectivity index (χ0) is 26.7. The molecule has 1 fully saturated rings. The standard InChI is InChI=1S/C25H22ClF2N3O5S/c1-13-16(30-22(32)19-20(23(33)35-2)25(19,27)28)7-8-17(29-13)21-18(10-12-37-21)31-24(34)36-11-9-14-5-3-4-6-15(14)26/h3-8,10,12,19-20H,9,11H2,1-2H3,(H,30,32)(H,31,34)/t19-,20-/m1/s1. The summed E-state index contributed by atoms with van der Waals surface area (Å²) in [5.41, 5.74) is 2.44. The van der Waals surface area contributed by atoms with Crippen molar-refractivity contribution in [3.8, 4) is 10.6 Å². The summed E-state index contributed by atoms with van der Waals surface area (Å²) < 4.78 is 37.4. The first-order valence-corrected chi connectivity index (χ1v) is 12.4. The lowest BCUT2D eigenvalue weighted by atomic mass is 10.2. The van der Waals surface area contributed by atoms with Crippen LogP contribution < -0.4 is 10.6 Å². The molecule has 0 radical (unpaired) electrons. The van der Waals surface area contributed by atoms with Gasteiger partial charge in [-0.05, 0) is 42.1 Å². The molecule has 3 aromatic rings. The number of thiophene rings is 1. The molecule has 2 heterocycles. The highest BCUT2D eigenvalue weighted by Gasteiger charge is 2.76. The number of amides is 2. The molecule has 0 bridgehead atoms. The number of esters is 1. The third-order valence-electron chi connectivity index (χ3n) is 5.83. The van der Waals surface area contributed by atoms with Gasteiger partial charge in [-0.25, -0.2) is 13.6 Å². The molecule has 8 nitrogen and oxygen atoms in total. The van der Waals surface area contributed by atoms with Crippen molar-refractivity contribution in [1.29, 1.82) is 0 Å². The number of rotatable bonds is 8. The number of aryl methyl sites for hydroxylation is 1. The second-order valence-electron chi connectivity index (χ2n) is 8.24. The minimum absolute atomic E-state index is 0.137. The molecule has 194 valence electrons. The van der Waals surface area contributed by atoms with E-state index in [0.717, 1.165) is 12.7 Å². The molecule has 2 N–H and O–H groups in total. The Balaban J connectivity index is 1.37. The average molecular weight is 550 g/mol. The summed E-state index contributed by atoms with van der Waals surface area (Å²) in [6.45, 7) is 1.74. The Labute approximate surface area is 219 Å². The van der Waals surface area contributed by atoms with E-state index < -0.39 is 35.7 Å². The number of methoxy groups -OCH3 is 1. The maximum absolute atomic E-state index is 13.9. The first kappa shape index (κ1) is 26.5. The summed E-state index contributed by atoms with van der Waals surface area (Å²) >= 11 is 7.44. The van der Waals surface area contributed by atoms with Crippen LogP contribution in [0.5, 0.6) is 0 Å². The van der Waals surface area contributed by atoms with E-state index in [1.165, 1.54) is 17.4 Å². The third kappa shape index (κ3) is 5.72. The second-order valence-corrected chi connectivity index (χ2v) is 9.56. The molecule has 1 aliphatic carbocycles. The molecule has 0 aliphatic heterocycles. The number of benzene rings is 1. The van der Waals surface area contributed by atoms with Crippen molar-refractivity contribution >= 4 is 52.3 Å². The predicted molar refractivity (Wildman–Crippen MR) is 135 cm³/mol. The topological polar surface area (TPSA) is 107 Å². The fourth-order valence-electron chi connectivity index (χ4n) is 3.81. The number of anilines is 2. The minimum Gasteiger partial charge on any atom is -0.469 e. The number of nitrogens with zero attached hydrogens (tertiary/aromatic N) is 1. The summed E-state index contributed by atoms with van der Waals surface area (Å²) in [7, 11) is 0.993. The van der Waals surface area contributed by atoms with E-state index in [1.54, 1.807) is 30.5 Å². The van der Waals surface area contributed by atoms with Crippen molar-refractivity contribution in [3.63, 3.8) is 0 Å². The molecule has 2 aromatic heterocycles. The Morgan fingerprint density at radius 1 is 1.08 bits per heavy atom. The number of hydrogen-bond donors (Lipinski definition) is 2. The highest BCUT2D eigenvalue weighted by molar-refractivity contribution is 7.14. The Bertz CT molecular complexity index is 1350. The lowest BCUT2D eigenvalue weighted by Gasteiger charge is -2.11. The van der Waals surface area contributed by atoms with Crippen molar-refractivity contribution < 1.29 is 32.6 Å². The summed E-state index contributed by atoms with van der Waals surface area (Å²) in [4.78, 5) is 41.3. The van der Waals surface area contributed by atoms with Crippen molar-refractivity contribution in [2.75, 3.05) is 24.4 Å². The van der Waals surface area contributed by atoms with Gasteiger partial charge in [0.1, 0.15) is 11.8 Å². The van der Waals surface area contributed by atoms with Crippen LogP contribution in [0.2, 0.25) is 5.02 Å². The summed E-state index contributed by atoms with van der Waals surface area (Å²) in [5, 5.41) is 7.47. The second kappa shape index (κ2) is 10.8. The number of aromatic nitrogens is 1. The number of ether oxygens (including phenoxy) is 2. The Kier molecular flexibility index (Phi) is 7.74. The maximum Gasteiger partial charge on any atom is 0.411 e. The summed E-state index contributed by atoms with van der Waals surface area (Å²) in [6, 6.07) is 12.1. The highest BCUT2D eigenvalue weighted by atomic mass is 35.5. The van der Waals surface area contributed by atoms with E-state index in [1.807, 2.05) is 18.2 Å². The molecule has 0 saturated heterocycles. The van der Waals surface area contributed by atoms with E-state index in [-0.39, 0.29) is 12.3 Å². The number of pyridine rings is 1. The molecular weight excluding hydrogens is 528 g/mol. The lowest BCUT2D eigenvalue weighted by Crippen LogP contribution is -2.19. The van der Waals surface area contributed by atoms with Crippen LogP contribution in [0.1, 0.15) is 11.3 Å². The Morgan fingerprint density at radius 2 is 1.84 bits per heavy atom. The van der Waals surface area contributed by atoms with Crippen LogP contribution in [0.4, 0.5) is 25.0 Å². The van der Waals surface area contributed by atoms with Crippen LogP contribution in [0.3, 0.4) is 0 Å². The number of carbonyl (C=O) groups is 3. The Morgan fingerprint density at radius 3 is 2.54 bits per heavy atom. The fraction of sp³-hybridized carbons (Fsp3) is 0.280. The zero-order valence-electron chi connectivity index (χ0n) is 19.7. The van der Waals surface area contributed by atoms with Gasteiger partial charge in [-0.3, -0.25) is 19.9 Å². The molecule has 2 atom stereocenters. The van der Waals surface area contributed by atoms with Gasteiger partial charge in [0, 0.05) is 11.4 Å². The SMILES string of the molecule is COC(=O)[C@H]1[C@H](C(=O)Nc2ccc(-c3sccc3NC(=O)OCCc3ccccc3Cl)nc2C)C1(F)F. The van der Waals surface area contributed by atoms with Gasteiger partial charge in [-0.1, -0.05) is 29.8 Å². The van der Waals surface area contributed by atoms with Crippen LogP contribution in [-0.2, 0) is 25.5 Å². The van der Waals surface area contributed by atoms with Gasteiger partial charge in [0.25, 0.3) is 5.92 Å². The molecule has 1 aliphatic rings. The maximum atomic E-state index is 13.9. The predicted octanol–water partition coefficient (Wildman–Crippen LogP) is 5.56. The van der Waals surface area contributed by atoms with E-state index in [0.29, 0.717) is 33.4 Å². The molecular formula is C25H22ClF2N3O5S. The van der Waals surface area contributed by atoms with Crippen LogP contribution >= 0.6 is 22.9 Å². The lowest BCUT2D eigenvalue weighted by molar-refractivity contribution is -0.144. The van der Waals surface area contributed by atoms with Crippen molar-refractivity contribution in [3.05, 3.63) is 64.1 Å². The molecule has 1 saturated carbocycles. The highest BCUT2D eigenvalue weighted by Crippen LogP contribution is 2.56. The molecule has 37 heavy (non-hydrogen) atoms. The first-order chi connectivity index (χ1) is 17.6. The molecule has 0 spiro atoms. The van der Waals surface area contributed by atoms with Gasteiger partial charge in [-0.2, -0.15) is 0 Å². The van der Waals surface area contributed by atoms with E-state index in [4.69, 9.17) is 16.3 Å². The van der Waals surface area contributed by atoms with Crippen LogP contribution in [0.25, 0.3) is 10.6 Å². The van der Waals surface area contributed by atoms with Gasteiger partial charge in [-0.15, -0.1) is 11.3 Å². The average Bonchev–Trinajstić information content (AvgIpc) is 3.18. The number of carbonyl (C=O) groups excluding carboxylic acids is 3. The number of hydrogen-bond acceptors (Lipinski definition) is 7. The van der Waals surface area contributed by atoms with Gasteiger partial charge >= 0.3 is 12.1 Å².